The molecule has 0 unspecified atom stereocenters. The van der Waals surface area contributed by atoms with Crippen molar-refractivity contribution in [3.8, 4) is 0 Å². The SMILES string of the molecule is Cc1cc(=O)c(C(=O)Nc2c(F)c(F)cc(F)c2F)c[nH]1. The minimum atomic E-state index is -1.76. The molecule has 0 spiro atoms. The number of H-pyrrole nitrogens is 1. The molecule has 0 aliphatic rings. The van der Waals surface area contributed by atoms with Crippen molar-refractivity contribution in [1.29, 1.82) is 0 Å². The molecule has 2 N–H and O–H groups in total. The molecule has 0 bridgehead atoms. The van der Waals surface area contributed by atoms with Crippen LogP contribution in [0.1, 0.15) is 16.1 Å². The highest BCUT2D eigenvalue weighted by atomic mass is 19.2. The Balaban J connectivity index is 2.43. The Bertz CT molecular complexity index is 760. The van der Waals surface area contributed by atoms with Crippen LogP contribution in [0.5, 0.6) is 0 Å². The van der Waals surface area contributed by atoms with Crippen LogP contribution in [0.4, 0.5) is 23.2 Å². The average Bonchev–Trinajstić information content (AvgIpc) is 2.41. The van der Waals surface area contributed by atoms with Crippen molar-refractivity contribution >= 4 is 11.6 Å². The molecular formula is C13H8F4N2O2. The molecule has 21 heavy (non-hydrogen) atoms. The van der Waals surface area contributed by atoms with Gasteiger partial charge in [0.2, 0.25) is 0 Å². The van der Waals surface area contributed by atoms with Crippen molar-refractivity contribution < 1.29 is 22.4 Å². The Morgan fingerprint density at radius 1 is 1.10 bits per heavy atom. The van der Waals surface area contributed by atoms with Crippen LogP contribution in [0, 0.1) is 30.2 Å². The van der Waals surface area contributed by atoms with E-state index >= 15 is 0 Å². The quantitative estimate of drug-likeness (QED) is 0.661. The second-order valence-electron chi connectivity index (χ2n) is 4.19. The zero-order valence-corrected chi connectivity index (χ0v) is 10.6. The summed E-state index contributed by atoms with van der Waals surface area (Å²) in [6.07, 6.45) is 1.03. The molecule has 110 valence electrons. The Hall–Kier alpha value is -2.64. The molecular weight excluding hydrogens is 292 g/mol. The summed E-state index contributed by atoms with van der Waals surface area (Å²) in [7, 11) is 0. The molecule has 0 saturated heterocycles. The largest absolute Gasteiger partial charge is 0.364 e. The van der Waals surface area contributed by atoms with Gasteiger partial charge in [0.1, 0.15) is 11.3 Å². The van der Waals surface area contributed by atoms with Gasteiger partial charge in [0.25, 0.3) is 5.91 Å². The first-order chi connectivity index (χ1) is 9.81. The van der Waals surface area contributed by atoms with Crippen LogP contribution < -0.4 is 10.7 Å². The van der Waals surface area contributed by atoms with Gasteiger partial charge in [0.15, 0.2) is 28.7 Å². The summed E-state index contributed by atoms with van der Waals surface area (Å²) < 4.78 is 52.8. The number of nitrogens with one attached hydrogen (secondary N) is 2. The number of aromatic amines is 1. The van der Waals surface area contributed by atoms with Crippen LogP contribution in [-0.2, 0) is 0 Å². The van der Waals surface area contributed by atoms with Crippen molar-refractivity contribution in [3.63, 3.8) is 0 Å². The molecule has 1 heterocycles. The predicted octanol–water partition coefficient (Wildman–Crippen LogP) is 2.49. The fraction of sp³-hybridized carbons (Fsp3) is 0.0769. The number of aryl methyl sites for hydroxylation is 1. The number of halogens is 4. The van der Waals surface area contributed by atoms with E-state index in [4.69, 9.17) is 0 Å². The monoisotopic (exact) mass is 300 g/mol. The van der Waals surface area contributed by atoms with Crippen molar-refractivity contribution in [2.24, 2.45) is 0 Å². The van der Waals surface area contributed by atoms with Gasteiger partial charge in [-0.3, -0.25) is 9.59 Å². The first kappa shape index (κ1) is 14.8. The number of amides is 1. The molecule has 4 nitrogen and oxygen atoms in total. The zero-order valence-electron chi connectivity index (χ0n) is 10.6. The summed E-state index contributed by atoms with van der Waals surface area (Å²) in [5, 5.41) is 1.65. The standard InChI is InChI=1S/C13H8F4N2O2/c1-5-2-9(20)6(4-18-5)13(21)19-12-10(16)7(14)3-8(15)11(12)17/h2-4H,1H3,(H,18,20)(H,19,21). The summed E-state index contributed by atoms with van der Waals surface area (Å²) in [4.78, 5) is 25.9. The smallest absolute Gasteiger partial charge is 0.261 e. The van der Waals surface area contributed by atoms with Crippen LogP contribution in [0.3, 0.4) is 0 Å². The molecule has 0 atom stereocenters. The molecule has 1 amide bonds. The third-order valence-corrected chi connectivity index (χ3v) is 2.65. The van der Waals surface area contributed by atoms with E-state index in [0.717, 1.165) is 12.3 Å². The molecule has 2 rings (SSSR count). The number of carbonyl (C=O) groups excluding carboxylic acids is 1. The average molecular weight is 300 g/mol. The van der Waals surface area contributed by atoms with Crippen molar-refractivity contribution in [2.75, 3.05) is 5.32 Å². The number of carbonyl (C=O) groups is 1. The van der Waals surface area contributed by atoms with Crippen LogP contribution in [0.15, 0.2) is 23.1 Å². The van der Waals surface area contributed by atoms with Gasteiger partial charge in [-0.1, -0.05) is 0 Å². The first-order valence-electron chi connectivity index (χ1n) is 5.65. The maximum Gasteiger partial charge on any atom is 0.261 e. The Morgan fingerprint density at radius 3 is 2.19 bits per heavy atom. The van der Waals surface area contributed by atoms with E-state index in [-0.39, 0.29) is 6.07 Å². The lowest BCUT2D eigenvalue weighted by Gasteiger charge is -2.08. The number of benzene rings is 1. The summed E-state index contributed by atoms with van der Waals surface area (Å²) in [5.74, 6) is -8.04. The second kappa shape index (κ2) is 5.39. The van der Waals surface area contributed by atoms with Crippen LogP contribution >= 0.6 is 0 Å². The molecule has 0 radical (unpaired) electrons. The molecule has 0 aliphatic heterocycles. The van der Waals surface area contributed by atoms with Gasteiger partial charge in [-0.25, -0.2) is 17.6 Å². The first-order valence-corrected chi connectivity index (χ1v) is 5.65. The van der Waals surface area contributed by atoms with Gasteiger partial charge < -0.3 is 10.3 Å². The number of hydrogen-bond acceptors (Lipinski definition) is 2. The highest BCUT2D eigenvalue weighted by molar-refractivity contribution is 6.04. The van der Waals surface area contributed by atoms with Crippen molar-refractivity contribution in [1.82, 2.24) is 4.98 Å². The summed E-state index contributed by atoms with van der Waals surface area (Å²) in [6.45, 7) is 1.56. The minimum Gasteiger partial charge on any atom is -0.364 e. The van der Waals surface area contributed by atoms with Gasteiger partial charge >= 0.3 is 0 Å². The number of pyridine rings is 1. The Morgan fingerprint density at radius 2 is 1.67 bits per heavy atom. The molecule has 8 heteroatoms. The van der Waals surface area contributed by atoms with Gasteiger partial charge in [-0.05, 0) is 6.92 Å². The lowest BCUT2D eigenvalue weighted by Crippen LogP contribution is -2.23. The third kappa shape index (κ3) is 2.78. The van der Waals surface area contributed by atoms with Gasteiger partial charge in [-0.15, -0.1) is 0 Å². The maximum atomic E-state index is 13.4. The van der Waals surface area contributed by atoms with E-state index in [1.807, 2.05) is 0 Å². The topological polar surface area (TPSA) is 62.0 Å². The summed E-state index contributed by atoms with van der Waals surface area (Å²) >= 11 is 0. The number of anilines is 1. The van der Waals surface area contributed by atoms with Gasteiger partial charge in [0.05, 0.1) is 0 Å². The highest BCUT2D eigenvalue weighted by Gasteiger charge is 2.22. The maximum absolute atomic E-state index is 13.4. The molecule has 1 aromatic carbocycles. The van der Waals surface area contributed by atoms with E-state index in [1.165, 1.54) is 0 Å². The van der Waals surface area contributed by atoms with Crippen LogP contribution in [-0.4, -0.2) is 10.9 Å². The Labute approximate surface area is 115 Å². The zero-order chi connectivity index (χ0) is 15.7. The van der Waals surface area contributed by atoms with E-state index in [9.17, 15) is 27.2 Å². The van der Waals surface area contributed by atoms with Crippen molar-refractivity contribution in [3.05, 3.63) is 63.1 Å². The summed E-state index contributed by atoms with van der Waals surface area (Å²) in [6, 6.07) is 1.10. The lowest BCUT2D eigenvalue weighted by atomic mass is 10.2. The normalized spacial score (nSPS) is 10.5. The third-order valence-electron chi connectivity index (χ3n) is 2.65. The number of aromatic nitrogens is 1. The van der Waals surface area contributed by atoms with Gasteiger partial charge in [0, 0.05) is 24.0 Å². The van der Waals surface area contributed by atoms with E-state index in [0.29, 0.717) is 5.69 Å². The van der Waals surface area contributed by atoms with Gasteiger partial charge in [-0.2, -0.15) is 0 Å². The predicted molar refractivity (Wildman–Crippen MR) is 66.0 cm³/mol. The second-order valence-corrected chi connectivity index (χ2v) is 4.19. The minimum absolute atomic E-state index is 0.0129. The fourth-order valence-corrected chi connectivity index (χ4v) is 1.61. The lowest BCUT2D eigenvalue weighted by molar-refractivity contribution is 0.102. The molecule has 0 aliphatic carbocycles. The number of hydrogen-bond donors (Lipinski definition) is 2. The molecule has 2 aromatic rings. The van der Waals surface area contributed by atoms with Crippen LogP contribution in [0.2, 0.25) is 0 Å². The highest BCUT2D eigenvalue weighted by Crippen LogP contribution is 2.24. The Kier molecular flexibility index (Phi) is 3.79. The molecule has 1 aromatic heterocycles. The number of rotatable bonds is 2. The van der Waals surface area contributed by atoms with E-state index in [2.05, 4.69) is 4.98 Å². The van der Waals surface area contributed by atoms with Crippen molar-refractivity contribution in [2.45, 2.75) is 6.92 Å². The van der Waals surface area contributed by atoms with Crippen LogP contribution in [0.25, 0.3) is 0 Å². The summed E-state index contributed by atoms with van der Waals surface area (Å²) in [5.41, 5.74) is -1.99. The van der Waals surface area contributed by atoms with E-state index < -0.39 is 45.9 Å². The molecule has 0 fully saturated rings. The fourth-order valence-electron chi connectivity index (χ4n) is 1.61. The van der Waals surface area contributed by atoms with E-state index in [1.54, 1.807) is 12.2 Å². The molecule has 0 saturated carbocycles.